The number of aliphatic hydroxyl groups is 1. The van der Waals surface area contributed by atoms with E-state index in [9.17, 15) is 43.5 Å². The molecule has 0 aliphatic heterocycles. The Bertz CT molecular complexity index is 1650. The Hall–Kier alpha value is -4.71. The highest BCUT2D eigenvalue weighted by Gasteiger charge is 2.32. The fourth-order valence-electron chi connectivity index (χ4n) is 5.44. The molecule has 0 saturated carbocycles. The van der Waals surface area contributed by atoms with E-state index in [1.807, 2.05) is 32.0 Å². The van der Waals surface area contributed by atoms with Gasteiger partial charge in [-0.25, -0.2) is 0 Å². The second kappa shape index (κ2) is 27.1. The van der Waals surface area contributed by atoms with Gasteiger partial charge in [-0.1, -0.05) is 26.0 Å². The van der Waals surface area contributed by atoms with E-state index in [0.717, 1.165) is 9.13 Å². The van der Waals surface area contributed by atoms with Gasteiger partial charge in [-0.2, -0.15) is 11.8 Å². The average molecular weight is 962 g/mol. The van der Waals surface area contributed by atoms with E-state index >= 15 is 0 Å². The van der Waals surface area contributed by atoms with Gasteiger partial charge in [0.05, 0.1) is 6.61 Å². The van der Waals surface area contributed by atoms with Crippen LogP contribution in [-0.2, 0) is 44.8 Å². The molecule has 0 aliphatic rings. The Kier molecular flexibility index (Phi) is 24.0. The first kappa shape index (κ1) is 52.3. The summed E-state index contributed by atoms with van der Waals surface area (Å²) in [4.78, 5) is 107. The van der Waals surface area contributed by atoms with Crippen molar-refractivity contribution in [3.05, 3.63) is 33.4 Å². The van der Waals surface area contributed by atoms with Crippen molar-refractivity contribution in [1.82, 2.24) is 37.2 Å². The number of primary amides is 1. The van der Waals surface area contributed by atoms with E-state index in [2.05, 4.69) is 64.8 Å². The summed E-state index contributed by atoms with van der Waals surface area (Å²) < 4.78 is 0.923. The van der Waals surface area contributed by atoms with Crippen molar-refractivity contribution >= 4 is 87.6 Å². The van der Waals surface area contributed by atoms with Gasteiger partial charge in [0.15, 0.2) is 5.96 Å². The van der Waals surface area contributed by atoms with Gasteiger partial charge in [-0.05, 0) is 97.7 Å². The first-order valence-corrected chi connectivity index (χ1v) is 21.4. The SMILES string of the molecule is CSCC[C@H](NC(=O)[C@H](C)NC(=O)[C@H](CCCN=C(N)N)NC(=O)[C@H](Cc1cccc(I)c1)NC(C)=O)C(=O)N[C@@H](C)C(=O)N[C@@H](CO)C(=O)N[C@@H](CC(C)C)C(N)=O. The zero-order chi connectivity index (χ0) is 44.8. The molecule has 330 valence electrons. The molecular weight excluding hydrogens is 901 g/mol. The number of benzene rings is 1. The minimum absolute atomic E-state index is 0.00594. The van der Waals surface area contributed by atoms with E-state index in [4.69, 9.17) is 17.2 Å². The third-order valence-corrected chi connectivity index (χ3v) is 9.85. The van der Waals surface area contributed by atoms with E-state index in [0.29, 0.717) is 5.75 Å². The molecule has 0 unspecified atom stereocenters. The van der Waals surface area contributed by atoms with Crippen LogP contribution in [0.15, 0.2) is 29.3 Å². The van der Waals surface area contributed by atoms with Crippen molar-refractivity contribution in [2.45, 2.75) is 109 Å². The Balaban J connectivity index is 3.08. The second-order valence-corrected chi connectivity index (χ2v) is 16.5. The van der Waals surface area contributed by atoms with E-state index < -0.39 is 96.2 Å². The van der Waals surface area contributed by atoms with Gasteiger partial charge in [0.1, 0.15) is 42.3 Å². The van der Waals surface area contributed by atoms with Gasteiger partial charge >= 0.3 is 0 Å². The number of guanidine groups is 1. The maximum atomic E-state index is 13.6. The van der Waals surface area contributed by atoms with Crippen molar-refractivity contribution in [1.29, 1.82) is 0 Å². The number of nitrogens with one attached hydrogen (secondary N) is 7. The normalized spacial score (nSPS) is 14.5. The number of carbonyl (C=O) groups excluding carboxylic acids is 8. The molecule has 1 aromatic rings. The summed E-state index contributed by atoms with van der Waals surface area (Å²) in [5.41, 5.74) is 17.0. The first-order valence-electron chi connectivity index (χ1n) is 19.0. The number of carbonyl (C=O) groups is 8. The Labute approximate surface area is 362 Å². The van der Waals surface area contributed by atoms with Gasteiger partial charge in [0.2, 0.25) is 47.3 Å². The first-order chi connectivity index (χ1) is 27.7. The quantitative estimate of drug-likeness (QED) is 0.0201. The predicted octanol–water partition coefficient (Wildman–Crippen LogP) is -2.38. The van der Waals surface area contributed by atoms with Crippen LogP contribution in [0.4, 0.5) is 0 Å². The van der Waals surface area contributed by atoms with Crippen molar-refractivity contribution in [2.24, 2.45) is 28.1 Å². The Morgan fingerprint density at radius 3 is 1.71 bits per heavy atom. The summed E-state index contributed by atoms with van der Waals surface area (Å²) in [6.45, 7) is 6.95. The predicted molar refractivity (Wildman–Crippen MR) is 232 cm³/mol. The van der Waals surface area contributed by atoms with Crippen molar-refractivity contribution in [3.8, 4) is 0 Å². The fraction of sp³-hybridized carbons (Fsp3) is 0.595. The molecule has 0 aliphatic carbocycles. The van der Waals surface area contributed by atoms with Gasteiger partial charge < -0.3 is 59.5 Å². The lowest BCUT2D eigenvalue weighted by atomic mass is 10.0. The van der Waals surface area contributed by atoms with Crippen LogP contribution in [0.2, 0.25) is 0 Å². The number of amides is 8. The molecule has 0 aromatic heterocycles. The summed E-state index contributed by atoms with van der Waals surface area (Å²) >= 11 is 3.52. The highest BCUT2D eigenvalue weighted by atomic mass is 127. The second-order valence-electron chi connectivity index (χ2n) is 14.2. The molecular formula is C37H60IN11O9S. The molecule has 0 fully saturated rings. The molecule has 0 radical (unpaired) electrons. The van der Waals surface area contributed by atoms with Crippen LogP contribution in [0.25, 0.3) is 0 Å². The molecule has 1 aromatic carbocycles. The number of halogens is 1. The van der Waals surface area contributed by atoms with Gasteiger partial charge in [0, 0.05) is 23.5 Å². The molecule has 7 atom stereocenters. The highest BCUT2D eigenvalue weighted by Crippen LogP contribution is 2.11. The number of hydrogen-bond acceptors (Lipinski definition) is 11. The minimum Gasteiger partial charge on any atom is -0.394 e. The average Bonchev–Trinajstić information content (AvgIpc) is 3.14. The molecule has 0 bridgehead atoms. The molecule has 14 N–H and O–H groups in total. The Morgan fingerprint density at radius 2 is 1.22 bits per heavy atom. The van der Waals surface area contributed by atoms with Crippen molar-refractivity contribution in [3.63, 3.8) is 0 Å². The zero-order valence-corrected chi connectivity index (χ0v) is 37.2. The van der Waals surface area contributed by atoms with Crippen LogP contribution in [0.3, 0.4) is 0 Å². The minimum atomic E-state index is -1.46. The zero-order valence-electron chi connectivity index (χ0n) is 34.3. The lowest BCUT2D eigenvalue weighted by Gasteiger charge is -2.26. The molecule has 1 rings (SSSR count). The molecule has 59 heavy (non-hydrogen) atoms. The van der Waals surface area contributed by atoms with Crippen molar-refractivity contribution < 1.29 is 43.5 Å². The molecule has 8 amide bonds. The maximum Gasteiger partial charge on any atom is 0.245 e. The van der Waals surface area contributed by atoms with Gasteiger partial charge in [0.25, 0.3) is 0 Å². The standard InChI is InChI=1S/C37H60IN11O9S/c1-19(2)15-27(30(39)52)48-36(58)29(18-50)49-32(54)21(4)44-34(56)26(12-14-59-6)46-31(53)20(3)43-33(55)25(11-8-13-42-37(40)41)47-35(57)28(45-22(5)51)17-23-9-7-10-24(38)16-23/h7,9-10,16,19-21,25-29,50H,8,11-15,17-18H2,1-6H3,(H2,39,52)(H,43,55)(H,44,56)(H,45,51)(H,46,53)(H,47,57)(H,48,58)(H,49,54)(H4,40,41,42)/t20-,21-,25-,26-,27-,28-,29-/m0/s1. The van der Waals surface area contributed by atoms with Crippen LogP contribution in [0.1, 0.15) is 65.9 Å². The molecule has 20 nitrogen and oxygen atoms in total. The Morgan fingerprint density at radius 1 is 0.712 bits per heavy atom. The summed E-state index contributed by atoms with van der Waals surface area (Å²) in [5.74, 6) is -5.53. The summed E-state index contributed by atoms with van der Waals surface area (Å²) in [7, 11) is 0. The van der Waals surface area contributed by atoms with E-state index in [1.54, 1.807) is 12.3 Å². The van der Waals surface area contributed by atoms with Gasteiger partial charge in [-0.15, -0.1) is 0 Å². The number of aliphatic hydroxyl groups excluding tert-OH is 1. The van der Waals surface area contributed by atoms with Crippen LogP contribution in [0.5, 0.6) is 0 Å². The maximum absolute atomic E-state index is 13.6. The number of thioether (sulfide) groups is 1. The number of nitrogens with two attached hydrogens (primary N) is 3. The monoisotopic (exact) mass is 961 g/mol. The smallest absolute Gasteiger partial charge is 0.245 e. The third-order valence-electron chi connectivity index (χ3n) is 8.53. The lowest BCUT2D eigenvalue weighted by Crippen LogP contribution is -2.59. The number of aliphatic imine (C=N–C) groups is 1. The van der Waals surface area contributed by atoms with Gasteiger partial charge in [-0.3, -0.25) is 43.3 Å². The van der Waals surface area contributed by atoms with Crippen LogP contribution >= 0.6 is 34.4 Å². The molecule has 0 spiro atoms. The van der Waals surface area contributed by atoms with Crippen LogP contribution in [-0.4, -0.2) is 126 Å². The third kappa shape index (κ3) is 20.7. The van der Waals surface area contributed by atoms with Crippen LogP contribution < -0.4 is 54.4 Å². The largest absolute Gasteiger partial charge is 0.394 e. The molecule has 22 heteroatoms. The molecule has 0 saturated heterocycles. The summed E-state index contributed by atoms with van der Waals surface area (Å²) in [6.07, 6.45) is 2.61. The number of hydrogen-bond donors (Lipinski definition) is 11. The highest BCUT2D eigenvalue weighted by molar-refractivity contribution is 14.1. The van der Waals surface area contributed by atoms with Crippen molar-refractivity contribution in [2.75, 3.05) is 25.2 Å². The number of nitrogens with zero attached hydrogens (tertiary/aromatic N) is 1. The number of rotatable bonds is 26. The van der Waals surface area contributed by atoms with Crippen LogP contribution in [0, 0.1) is 9.49 Å². The molecule has 0 heterocycles. The summed E-state index contributed by atoms with van der Waals surface area (Å²) in [6, 6.07) is -0.982. The van der Waals surface area contributed by atoms with E-state index in [-0.39, 0.29) is 50.5 Å². The van der Waals surface area contributed by atoms with E-state index in [1.165, 1.54) is 32.5 Å². The lowest BCUT2D eigenvalue weighted by molar-refractivity contribution is -0.135. The summed E-state index contributed by atoms with van der Waals surface area (Å²) in [5, 5.41) is 27.5. The fourth-order valence-corrected chi connectivity index (χ4v) is 6.52. The topological polar surface area (TPSA) is 331 Å².